The molecule has 0 saturated heterocycles. The molecule has 2 aromatic rings. The summed E-state index contributed by atoms with van der Waals surface area (Å²) in [5.41, 5.74) is 1.57. The molecule has 1 aromatic carbocycles. The molecule has 1 aliphatic rings. The van der Waals surface area contributed by atoms with Crippen LogP contribution >= 0.6 is 0 Å². The van der Waals surface area contributed by atoms with Crippen LogP contribution in [-0.4, -0.2) is 28.8 Å². The van der Waals surface area contributed by atoms with Crippen molar-refractivity contribution >= 4 is 5.91 Å². The molecule has 1 fully saturated rings. The summed E-state index contributed by atoms with van der Waals surface area (Å²) in [5.74, 6) is 0.285. The van der Waals surface area contributed by atoms with Crippen LogP contribution < -0.4 is 5.32 Å². The molecule has 0 radical (unpaired) electrons. The summed E-state index contributed by atoms with van der Waals surface area (Å²) in [7, 11) is 0. The second-order valence-electron chi connectivity index (χ2n) is 5.13. The molecule has 0 bridgehead atoms. The van der Waals surface area contributed by atoms with E-state index in [0.29, 0.717) is 11.6 Å². The smallest absolute Gasteiger partial charge is 0.290 e. The third-order valence-electron chi connectivity index (χ3n) is 3.63. The van der Waals surface area contributed by atoms with E-state index in [2.05, 4.69) is 10.5 Å². The van der Waals surface area contributed by atoms with E-state index in [4.69, 9.17) is 9.63 Å². The van der Waals surface area contributed by atoms with E-state index < -0.39 is 0 Å². The number of nitrogens with zero attached hydrogens (tertiary/aromatic N) is 1. The Kier molecular flexibility index (Phi) is 3.52. The molecule has 1 amide bonds. The van der Waals surface area contributed by atoms with E-state index in [9.17, 15) is 4.79 Å². The number of hydrogen-bond acceptors (Lipinski definition) is 4. The van der Waals surface area contributed by atoms with Crippen LogP contribution in [0, 0.1) is 5.92 Å². The predicted octanol–water partition coefficient (Wildman–Crippen LogP) is 1.84. The molecule has 0 atom stereocenters. The minimum Gasteiger partial charge on any atom is -0.396 e. The maximum atomic E-state index is 12.0. The SMILES string of the molecule is O=C(N[C@H]1C[C@H](CO)C1)c1cc(-c2ccccc2)no1. The molecular weight excluding hydrogens is 256 g/mol. The van der Waals surface area contributed by atoms with Gasteiger partial charge in [0.25, 0.3) is 5.91 Å². The highest BCUT2D eigenvalue weighted by Crippen LogP contribution is 2.27. The van der Waals surface area contributed by atoms with E-state index in [-0.39, 0.29) is 24.3 Å². The first-order chi connectivity index (χ1) is 9.76. The fourth-order valence-electron chi connectivity index (χ4n) is 2.39. The van der Waals surface area contributed by atoms with Gasteiger partial charge in [0, 0.05) is 24.3 Å². The molecule has 2 N–H and O–H groups in total. The number of amides is 1. The number of aromatic nitrogens is 1. The molecule has 5 nitrogen and oxygen atoms in total. The molecule has 104 valence electrons. The maximum absolute atomic E-state index is 12.0. The van der Waals surface area contributed by atoms with Crippen molar-refractivity contribution in [2.45, 2.75) is 18.9 Å². The van der Waals surface area contributed by atoms with Crippen LogP contribution in [0.15, 0.2) is 40.9 Å². The summed E-state index contributed by atoms with van der Waals surface area (Å²) in [6.45, 7) is 0.187. The van der Waals surface area contributed by atoms with Crippen LogP contribution in [0.2, 0.25) is 0 Å². The van der Waals surface area contributed by atoms with E-state index in [0.717, 1.165) is 18.4 Å². The number of carbonyl (C=O) groups excluding carboxylic acids is 1. The molecule has 1 heterocycles. The van der Waals surface area contributed by atoms with Crippen molar-refractivity contribution in [1.29, 1.82) is 0 Å². The van der Waals surface area contributed by atoms with Crippen molar-refractivity contribution in [3.8, 4) is 11.3 Å². The van der Waals surface area contributed by atoms with Crippen molar-refractivity contribution in [2.75, 3.05) is 6.61 Å². The Balaban J connectivity index is 1.64. The van der Waals surface area contributed by atoms with E-state index in [1.165, 1.54) is 0 Å². The molecule has 0 aliphatic heterocycles. The summed E-state index contributed by atoms with van der Waals surface area (Å²) in [5, 5.41) is 15.7. The second-order valence-corrected chi connectivity index (χ2v) is 5.13. The van der Waals surface area contributed by atoms with E-state index in [1.54, 1.807) is 6.07 Å². The summed E-state index contributed by atoms with van der Waals surface area (Å²) in [6.07, 6.45) is 1.64. The molecule has 0 unspecified atom stereocenters. The minimum absolute atomic E-state index is 0.130. The van der Waals surface area contributed by atoms with Crippen LogP contribution in [0.5, 0.6) is 0 Å². The van der Waals surface area contributed by atoms with Gasteiger partial charge < -0.3 is 14.9 Å². The molecule has 5 heteroatoms. The van der Waals surface area contributed by atoms with Gasteiger partial charge in [-0.2, -0.15) is 0 Å². The van der Waals surface area contributed by atoms with Crippen molar-refractivity contribution in [2.24, 2.45) is 5.92 Å². The van der Waals surface area contributed by atoms with Crippen LogP contribution in [0.4, 0.5) is 0 Å². The summed E-state index contributed by atoms with van der Waals surface area (Å²) < 4.78 is 5.09. The molecular formula is C15H16N2O3. The lowest BCUT2D eigenvalue weighted by molar-refractivity contribution is 0.0798. The van der Waals surface area contributed by atoms with Gasteiger partial charge in [-0.3, -0.25) is 4.79 Å². The molecule has 1 saturated carbocycles. The number of aliphatic hydroxyl groups is 1. The van der Waals surface area contributed by atoms with Gasteiger partial charge in [-0.15, -0.1) is 0 Å². The van der Waals surface area contributed by atoms with Crippen LogP contribution in [-0.2, 0) is 0 Å². The number of nitrogens with one attached hydrogen (secondary N) is 1. The highest BCUT2D eigenvalue weighted by molar-refractivity contribution is 5.92. The lowest BCUT2D eigenvalue weighted by Crippen LogP contribution is -2.45. The first-order valence-corrected chi connectivity index (χ1v) is 6.70. The number of carbonyl (C=O) groups is 1. The number of rotatable bonds is 4. The Morgan fingerprint density at radius 3 is 2.80 bits per heavy atom. The Labute approximate surface area is 116 Å². The van der Waals surface area contributed by atoms with Gasteiger partial charge in [0.1, 0.15) is 5.69 Å². The first-order valence-electron chi connectivity index (χ1n) is 6.70. The highest BCUT2D eigenvalue weighted by Gasteiger charge is 2.30. The van der Waals surface area contributed by atoms with Crippen LogP contribution in [0.25, 0.3) is 11.3 Å². The zero-order valence-electron chi connectivity index (χ0n) is 11.0. The fraction of sp³-hybridized carbons (Fsp3) is 0.333. The predicted molar refractivity (Wildman–Crippen MR) is 73.0 cm³/mol. The summed E-state index contributed by atoms with van der Waals surface area (Å²) >= 11 is 0. The molecule has 20 heavy (non-hydrogen) atoms. The van der Waals surface area contributed by atoms with Gasteiger partial charge in [-0.25, -0.2) is 0 Å². The zero-order valence-corrected chi connectivity index (χ0v) is 11.0. The topological polar surface area (TPSA) is 75.4 Å². The van der Waals surface area contributed by atoms with E-state index in [1.807, 2.05) is 30.3 Å². The average molecular weight is 272 g/mol. The number of hydrogen-bond donors (Lipinski definition) is 2. The zero-order chi connectivity index (χ0) is 13.9. The highest BCUT2D eigenvalue weighted by atomic mass is 16.5. The van der Waals surface area contributed by atoms with Gasteiger partial charge in [0.2, 0.25) is 5.76 Å². The van der Waals surface area contributed by atoms with Crippen molar-refractivity contribution in [1.82, 2.24) is 10.5 Å². The normalized spacial score (nSPS) is 21.2. The quantitative estimate of drug-likeness (QED) is 0.890. The summed E-state index contributed by atoms with van der Waals surface area (Å²) in [6, 6.07) is 11.3. The van der Waals surface area contributed by atoms with Gasteiger partial charge in [0.15, 0.2) is 0 Å². The average Bonchev–Trinajstić information content (AvgIpc) is 2.93. The number of benzene rings is 1. The second kappa shape index (κ2) is 5.46. The lowest BCUT2D eigenvalue weighted by Gasteiger charge is -2.34. The Morgan fingerprint density at radius 2 is 2.10 bits per heavy atom. The van der Waals surface area contributed by atoms with Gasteiger partial charge in [0.05, 0.1) is 0 Å². The van der Waals surface area contributed by atoms with Gasteiger partial charge in [-0.05, 0) is 18.8 Å². The Hall–Kier alpha value is -2.14. The summed E-state index contributed by atoms with van der Waals surface area (Å²) in [4.78, 5) is 12.0. The van der Waals surface area contributed by atoms with Crippen LogP contribution in [0.3, 0.4) is 0 Å². The number of aliphatic hydroxyl groups excluding tert-OH is 1. The van der Waals surface area contributed by atoms with E-state index >= 15 is 0 Å². The molecule has 1 aromatic heterocycles. The van der Waals surface area contributed by atoms with Crippen molar-refractivity contribution in [3.63, 3.8) is 0 Å². The standard InChI is InChI=1S/C15H16N2O3/c18-9-10-6-12(7-10)16-15(19)14-8-13(17-20-14)11-4-2-1-3-5-11/h1-5,8,10,12,18H,6-7,9H2,(H,16,19)/t10-,12-. The van der Waals surface area contributed by atoms with Gasteiger partial charge in [-0.1, -0.05) is 35.5 Å². The van der Waals surface area contributed by atoms with Gasteiger partial charge >= 0.3 is 0 Å². The fourth-order valence-corrected chi connectivity index (χ4v) is 2.39. The molecule has 3 rings (SSSR count). The molecule has 1 aliphatic carbocycles. The lowest BCUT2D eigenvalue weighted by atomic mass is 9.81. The van der Waals surface area contributed by atoms with Crippen molar-refractivity contribution < 1.29 is 14.4 Å². The minimum atomic E-state index is -0.249. The Bertz CT molecular complexity index is 588. The van der Waals surface area contributed by atoms with Crippen LogP contribution in [0.1, 0.15) is 23.4 Å². The van der Waals surface area contributed by atoms with Crippen molar-refractivity contribution in [3.05, 3.63) is 42.2 Å². The third-order valence-corrected chi connectivity index (χ3v) is 3.63. The maximum Gasteiger partial charge on any atom is 0.290 e. The third kappa shape index (κ3) is 2.58. The largest absolute Gasteiger partial charge is 0.396 e. The Morgan fingerprint density at radius 1 is 1.35 bits per heavy atom. The molecule has 0 spiro atoms. The first kappa shape index (κ1) is 12.9. The monoisotopic (exact) mass is 272 g/mol.